The van der Waals surface area contributed by atoms with Gasteiger partial charge in [0.15, 0.2) is 11.9 Å². The summed E-state index contributed by atoms with van der Waals surface area (Å²) in [5, 5.41) is 22.2. The van der Waals surface area contributed by atoms with Crippen LogP contribution in [-0.2, 0) is 6.54 Å². The van der Waals surface area contributed by atoms with E-state index in [0.29, 0.717) is 18.8 Å². The third kappa shape index (κ3) is 3.28. The molecule has 0 fully saturated rings. The Hall–Kier alpha value is -2.97. The largest absolute Gasteiger partial charge is 0.476 e. The lowest BCUT2D eigenvalue weighted by molar-refractivity contribution is -0.389. The molecule has 0 spiro atoms. The molecular formula is C11H11N5O4. The van der Waals surface area contributed by atoms with Crippen molar-refractivity contribution in [2.24, 2.45) is 0 Å². The normalized spacial score (nSPS) is 10.2. The van der Waals surface area contributed by atoms with E-state index < -0.39 is 10.9 Å². The van der Waals surface area contributed by atoms with Gasteiger partial charge in [0.05, 0.1) is 12.0 Å². The quantitative estimate of drug-likeness (QED) is 0.596. The van der Waals surface area contributed by atoms with E-state index in [1.807, 2.05) is 0 Å². The molecule has 2 heterocycles. The number of nitrogens with one attached hydrogen (secondary N) is 1. The maximum Gasteiger partial charge on any atom is 0.363 e. The maximum atomic E-state index is 10.6. The first-order valence-corrected chi connectivity index (χ1v) is 5.65. The number of hydrogen-bond donors (Lipinski definition) is 2. The first-order chi connectivity index (χ1) is 9.56. The van der Waals surface area contributed by atoms with Crippen molar-refractivity contribution < 1.29 is 14.8 Å². The third-order valence-corrected chi connectivity index (χ3v) is 2.49. The first kappa shape index (κ1) is 13.5. The zero-order valence-electron chi connectivity index (χ0n) is 10.3. The predicted octanol–water partition coefficient (Wildman–Crippen LogP) is 0.997. The van der Waals surface area contributed by atoms with Crippen molar-refractivity contribution in [3.63, 3.8) is 0 Å². The highest BCUT2D eigenvalue weighted by molar-refractivity contribution is 5.84. The Balaban J connectivity index is 1.85. The van der Waals surface area contributed by atoms with Crippen LogP contribution in [0.2, 0.25) is 0 Å². The molecule has 0 aliphatic carbocycles. The number of hydrogen-bond acceptors (Lipinski definition) is 6. The molecule has 0 saturated heterocycles. The lowest BCUT2D eigenvalue weighted by atomic mass is 10.4. The molecule has 0 radical (unpaired) electrons. The van der Waals surface area contributed by atoms with Crippen molar-refractivity contribution in [1.82, 2.24) is 14.5 Å². The topological polar surface area (TPSA) is 123 Å². The van der Waals surface area contributed by atoms with Crippen LogP contribution in [0, 0.1) is 10.1 Å². The Kier molecular flexibility index (Phi) is 3.89. The van der Waals surface area contributed by atoms with Crippen molar-refractivity contribution in [2.75, 3.05) is 11.9 Å². The van der Waals surface area contributed by atoms with Crippen LogP contribution < -0.4 is 5.32 Å². The minimum atomic E-state index is -1.07. The van der Waals surface area contributed by atoms with Gasteiger partial charge >= 0.3 is 11.8 Å². The van der Waals surface area contributed by atoms with Crippen LogP contribution in [0.1, 0.15) is 10.5 Å². The van der Waals surface area contributed by atoms with Crippen LogP contribution in [-0.4, -0.2) is 37.1 Å². The molecule has 0 aromatic carbocycles. The van der Waals surface area contributed by atoms with Gasteiger partial charge in [-0.1, -0.05) is 0 Å². The van der Waals surface area contributed by atoms with E-state index in [4.69, 9.17) is 5.11 Å². The summed E-state index contributed by atoms with van der Waals surface area (Å²) in [6.45, 7) is 1.02. The molecule has 2 aromatic heterocycles. The van der Waals surface area contributed by atoms with E-state index in [1.165, 1.54) is 24.8 Å². The molecule has 9 heteroatoms. The fourth-order valence-electron chi connectivity index (χ4n) is 1.52. The van der Waals surface area contributed by atoms with E-state index in [1.54, 1.807) is 10.6 Å². The number of carbonyl (C=O) groups is 1. The number of aromatic carboxylic acids is 1. The minimum absolute atomic E-state index is 0.0120. The summed E-state index contributed by atoms with van der Waals surface area (Å²) >= 11 is 0. The lowest BCUT2D eigenvalue weighted by Gasteiger charge is -2.04. The molecule has 0 unspecified atom stereocenters. The van der Waals surface area contributed by atoms with Gasteiger partial charge in [0.2, 0.25) is 0 Å². The second kappa shape index (κ2) is 5.78. The van der Waals surface area contributed by atoms with Gasteiger partial charge in [-0.25, -0.2) is 9.78 Å². The van der Waals surface area contributed by atoms with Crippen molar-refractivity contribution in [1.29, 1.82) is 0 Å². The number of pyridine rings is 1. The highest BCUT2D eigenvalue weighted by atomic mass is 16.6. The Morgan fingerprint density at radius 3 is 2.80 bits per heavy atom. The van der Waals surface area contributed by atoms with Crippen LogP contribution in [0.25, 0.3) is 0 Å². The summed E-state index contributed by atoms with van der Waals surface area (Å²) in [5.41, 5.74) is 0.635. The second-order valence-electron chi connectivity index (χ2n) is 3.89. The molecule has 0 amide bonds. The van der Waals surface area contributed by atoms with Crippen molar-refractivity contribution >= 4 is 17.5 Å². The Morgan fingerprint density at radius 2 is 2.25 bits per heavy atom. The van der Waals surface area contributed by atoms with Gasteiger partial charge in [-0.3, -0.25) is 0 Å². The fraction of sp³-hybridized carbons (Fsp3) is 0.182. The van der Waals surface area contributed by atoms with Crippen LogP contribution in [0.5, 0.6) is 0 Å². The number of nitro groups is 1. The van der Waals surface area contributed by atoms with E-state index >= 15 is 0 Å². The van der Waals surface area contributed by atoms with Gasteiger partial charge in [-0.2, -0.15) is 0 Å². The van der Waals surface area contributed by atoms with Gasteiger partial charge in [-0.05, 0) is 16.0 Å². The van der Waals surface area contributed by atoms with Crippen molar-refractivity contribution in [2.45, 2.75) is 6.54 Å². The molecule has 0 bridgehead atoms. The van der Waals surface area contributed by atoms with Crippen LogP contribution >= 0.6 is 0 Å². The predicted molar refractivity (Wildman–Crippen MR) is 68.6 cm³/mol. The van der Waals surface area contributed by atoms with Gasteiger partial charge in [-0.15, -0.1) is 0 Å². The Bertz CT molecular complexity index is 622. The van der Waals surface area contributed by atoms with E-state index in [-0.39, 0.29) is 11.5 Å². The summed E-state index contributed by atoms with van der Waals surface area (Å²) < 4.78 is 1.63. The second-order valence-corrected chi connectivity index (χ2v) is 3.89. The zero-order valence-corrected chi connectivity index (χ0v) is 10.3. The molecule has 0 aliphatic rings. The maximum absolute atomic E-state index is 10.6. The molecule has 0 atom stereocenters. The molecule has 2 aromatic rings. The van der Waals surface area contributed by atoms with E-state index in [9.17, 15) is 14.9 Å². The molecule has 0 aliphatic heterocycles. The van der Waals surface area contributed by atoms with Gasteiger partial charge in [0.25, 0.3) is 0 Å². The number of aromatic nitrogens is 3. The number of anilines is 1. The highest BCUT2D eigenvalue weighted by Crippen LogP contribution is 2.11. The molecule has 20 heavy (non-hydrogen) atoms. The summed E-state index contributed by atoms with van der Waals surface area (Å²) in [5.74, 6) is -1.28. The van der Waals surface area contributed by atoms with Gasteiger partial charge < -0.3 is 25.1 Å². The van der Waals surface area contributed by atoms with Crippen LogP contribution in [0.15, 0.2) is 30.9 Å². The van der Waals surface area contributed by atoms with Gasteiger partial charge in [0, 0.05) is 25.4 Å². The summed E-state index contributed by atoms with van der Waals surface area (Å²) in [4.78, 5) is 27.9. The Morgan fingerprint density at radius 1 is 1.45 bits per heavy atom. The molecule has 9 nitrogen and oxygen atoms in total. The van der Waals surface area contributed by atoms with Gasteiger partial charge in [0.1, 0.15) is 0 Å². The molecule has 2 N–H and O–H groups in total. The molecule has 104 valence electrons. The average molecular weight is 277 g/mol. The first-order valence-electron chi connectivity index (χ1n) is 5.65. The number of nitrogens with zero attached hydrogens (tertiary/aromatic N) is 4. The fourth-order valence-corrected chi connectivity index (χ4v) is 1.52. The number of carboxylic acids is 1. The van der Waals surface area contributed by atoms with Crippen LogP contribution in [0.3, 0.4) is 0 Å². The SMILES string of the molecule is O=C(O)c1cn(CCNc2ccc([N+](=O)[O-])nc2)cn1. The molecule has 0 saturated carbocycles. The Labute approximate surface area is 113 Å². The number of rotatable bonds is 6. The van der Waals surface area contributed by atoms with E-state index in [2.05, 4.69) is 15.3 Å². The monoisotopic (exact) mass is 277 g/mol. The van der Waals surface area contributed by atoms with E-state index in [0.717, 1.165) is 0 Å². The third-order valence-electron chi connectivity index (χ3n) is 2.49. The van der Waals surface area contributed by atoms with Crippen LogP contribution in [0.4, 0.5) is 11.5 Å². The average Bonchev–Trinajstić information content (AvgIpc) is 2.88. The van der Waals surface area contributed by atoms with Crippen molar-refractivity contribution in [3.8, 4) is 0 Å². The lowest BCUT2D eigenvalue weighted by Crippen LogP contribution is -2.09. The summed E-state index contributed by atoms with van der Waals surface area (Å²) in [7, 11) is 0. The zero-order chi connectivity index (χ0) is 14.5. The number of imidazole rings is 1. The summed E-state index contributed by atoms with van der Waals surface area (Å²) in [6, 6.07) is 2.86. The standard InChI is InChI=1S/C11H11N5O4/c17-11(18)9-6-15(7-14-9)4-3-12-8-1-2-10(13-5-8)16(19)20/h1-2,5-7,12H,3-4H2,(H,17,18). The minimum Gasteiger partial charge on any atom is -0.476 e. The number of carboxylic acid groups (broad SMARTS) is 1. The molecular weight excluding hydrogens is 266 g/mol. The van der Waals surface area contributed by atoms with Crippen molar-refractivity contribution in [3.05, 3.63) is 46.7 Å². The smallest absolute Gasteiger partial charge is 0.363 e. The molecule has 2 rings (SSSR count). The highest BCUT2D eigenvalue weighted by Gasteiger charge is 2.07. The summed E-state index contributed by atoms with van der Waals surface area (Å²) in [6.07, 6.45) is 4.23.